The molecule has 32 heavy (non-hydrogen) atoms. The molecule has 0 heterocycles. The molecule has 0 radical (unpaired) electrons. The van der Waals surface area contributed by atoms with Gasteiger partial charge in [0, 0.05) is 6.20 Å². The predicted octanol–water partition coefficient (Wildman–Crippen LogP) is 4.76. The predicted molar refractivity (Wildman–Crippen MR) is 126 cm³/mol. The average molecular weight is 451 g/mol. The van der Waals surface area contributed by atoms with Crippen LogP contribution in [0.25, 0.3) is 0 Å². The van der Waals surface area contributed by atoms with Crippen LogP contribution in [-0.2, 0) is 21.4 Å². The van der Waals surface area contributed by atoms with Crippen LogP contribution in [0.2, 0.25) is 0 Å². The van der Waals surface area contributed by atoms with Crippen molar-refractivity contribution in [2.75, 3.05) is 13.7 Å². The molecular weight excluding hydrogens is 424 g/mol. The van der Waals surface area contributed by atoms with Crippen LogP contribution in [-0.4, -0.2) is 32.7 Å². The lowest BCUT2D eigenvalue weighted by atomic mass is 10.2. The van der Waals surface area contributed by atoms with Crippen LogP contribution in [0.3, 0.4) is 0 Å². The highest BCUT2D eigenvalue weighted by Gasteiger charge is 2.21. The topological polar surface area (TPSA) is 68.2 Å². The first kappa shape index (κ1) is 23.1. The van der Waals surface area contributed by atoms with Gasteiger partial charge in [-0.15, -0.1) is 0 Å². The molecule has 3 rings (SSSR count). The highest BCUT2D eigenvalue weighted by atomic mass is 32.2. The summed E-state index contributed by atoms with van der Waals surface area (Å²) in [5, 5.41) is 3.91. The molecule has 3 aromatic carbocycles. The van der Waals surface area contributed by atoms with E-state index in [1.54, 1.807) is 55.8 Å². The Morgan fingerprint density at radius 1 is 0.938 bits per heavy atom. The van der Waals surface area contributed by atoms with Crippen LogP contribution in [0.5, 0.6) is 5.75 Å². The molecule has 0 aliphatic heterocycles. The fraction of sp³-hybridized carbons (Fsp3) is 0.160. The maximum atomic E-state index is 13.3. The van der Waals surface area contributed by atoms with E-state index in [1.165, 1.54) is 10.5 Å². The van der Waals surface area contributed by atoms with Crippen LogP contribution >= 0.6 is 0 Å². The van der Waals surface area contributed by atoms with E-state index in [0.717, 1.165) is 16.7 Å². The number of sulfonamides is 1. The third-order valence-electron chi connectivity index (χ3n) is 4.64. The van der Waals surface area contributed by atoms with E-state index in [-0.39, 0.29) is 18.0 Å². The Kier molecular flexibility index (Phi) is 8.05. The van der Waals surface area contributed by atoms with Crippen LogP contribution in [0, 0.1) is 6.92 Å². The SMILES string of the molecule is COc1ccc(CN(/C=C/CO/N=C/c2ccccc2)S(=O)(=O)c2ccc(C)cc2)cc1. The lowest BCUT2D eigenvalue weighted by Crippen LogP contribution is -2.25. The van der Waals surface area contributed by atoms with Gasteiger partial charge < -0.3 is 9.57 Å². The Morgan fingerprint density at radius 2 is 1.62 bits per heavy atom. The van der Waals surface area contributed by atoms with Gasteiger partial charge in [-0.2, -0.15) is 0 Å². The maximum absolute atomic E-state index is 13.3. The van der Waals surface area contributed by atoms with Crippen LogP contribution in [0.15, 0.2) is 101 Å². The van der Waals surface area contributed by atoms with Crippen molar-refractivity contribution >= 4 is 16.2 Å². The lowest BCUT2D eigenvalue weighted by Gasteiger charge is -2.21. The summed E-state index contributed by atoms with van der Waals surface area (Å²) in [5.41, 5.74) is 2.74. The van der Waals surface area contributed by atoms with E-state index in [0.29, 0.717) is 5.75 Å². The second-order valence-corrected chi connectivity index (χ2v) is 8.93. The molecule has 0 aromatic heterocycles. The van der Waals surface area contributed by atoms with Crippen molar-refractivity contribution in [1.82, 2.24) is 4.31 Å². The zero-order chi connectivity index (χ0) is 22.8. The Bertz CT molecular complexity index is 1140. The van der Waals surface area contributed by atoms with Crippen molar-refractivity contribution in [3.8, 4) is 5.75 Å². The lowest BCUT2D eigenvalue weighted by molar-refractivity contribution is 0.176. The van der Waals surface area contributed by atoms with Crippen molar-refractivity contribution in [3.05, 3.63) is 108 Å². The fourth-order valence-corrected chi connectivity index (χ4v) is 4.17. The van der Waals surface area contributed by atoms with Gasteiger partial charge in [-0.25, -0.2) is 8.42 Å². The maximum Gasteiger partial charge on any atom is 0.264 e. The van der Waals surface area contributed by atoms with Gasteiger partial charge in [-0.05, 0) is 48.4 Å². The number of oxime groups is 1. The summed E-state index contributed by atoms with van der Waals surface area (Å²) >= 11 is 0. The van der Waals surface area contributed by atoms with Crippen molar-refractivity contribution in [3.63, 3.8) is 0 Å². The Hall–Kier alpha value is -3.58. The number of hydrogen-bond acceptors (Lipinski definition) is 5. The van der Waals surface area contributed by atoms with Gasteiger partial charge in [0.05, 0.1) is 24.8 Å². The molecule has 3 aromatic rings. The molecule has 0 amide bonds. The zero-order valence-corrected chi connectivity index (χ0v) is 18.9. The Morgan fingerprint density at radius 3 is 2.28 bits per heavy atom. The van der Waals surface area contributed by atoms with E-state index in [9.17, 15) is 8.42 Å². The third kappa shape index (κ3) is 6.46. The summed E-state index contributed by atoms with van der Waals surface area (Å²) in [4.78, 5) is 5.47. The van der Waals surface area contributed by atoms with Gasteiger partial charge in [0.1, 0.15) is 12.4 Å². The van der Waals surface area contributed by atoms with E-state index in [2.05, 4.69) is 5.16 Å². The van der Waals surface area contributed by atoms with E-state index in [1.807, 2.05) is 49.4 Å². The van der Waals surface area contributed by atoms with Crippen LogP contribution in [0.4, 0.5) is 0 Å². The number of ether oxygens (including phenoxy) is 1. The van der Waals surface area contributed by atoms with Gasteiger partial charge in [0.15, 0.2) is 0 Å². The summed E-state index contributed by atoms with van der Waals surface area (Å²) in [6.07, 6.45) is 4.74. The zero-order valence-electron chi connectivity index (χ0n) is 18.1. The molecular formula is C25H26N2O4S. The number of benzene rings is 3. The molecule has 166 valence electrons. The van der Waals surface area contributed by atoms with Crippen molar-refractivity contribution in [1.29, 1.82) is 0 Å². The first-order valence-electron chi connectivity index (χ1n) is 10.1. The summed E-state index contributed by atoms with van der Waals surface area (Å²) in [7, 11) is -2.16. The standard InChI is InChI=1S/C25H26N2O4S/c1-21-9-15-25(16-10-21)32(28,29)27(20-23-11-13-24(30-2)14-12-23)17-6-18-31-26-19-22-7-4-3-5-8-22/h3-17,19H,18,20H2,1-2H3/b17-6+,26-19+. The van der Waals surface area contributed by atoms with Crippen molar-refractivity contribution in [2.24, 2.45) is 5.16 Å². The summed E-state index contributed by atoms with van der Waals surface area (Å²) in [5.74, 6) is 0.710. The number of methoxy groups -OCH3 is 1. The molecule has 0 saturated heterocycles. The Labute approximate surface area is 189 Å². The quantitative estimate of drug-likeness (QED) is 0.254. The molecule has 7 heteroatoms. The van der Waals surface area contributed by atoms with Crippen molar-refractivity contribution in [2.45, 2.75) is 18.4 Å². The van der Waals surface area contributed by atoms with Crippen LogP contribution < -0.4 is 4.74 Å². The number of rotatable bonds is 10. The molecule has 0 unspecified atom stereocenters. The van der Waals surface area contributed by atoms with Gasteiger partial charge in [-0.3, -0.25) is 4.31 Å². The minimum Gasteiger partial charge on any atom is -0.497 e. The minimum atomic E-state index is -3.75. The second kappa shape index (κ2) is 11.2. The van der Waals surface area contributed by atoms with Gasteiger partial charge in [0.25, 0.3) is 10.0 Å². The monoisotopic (exact) mass is 450 g/mol. The molecule has 0 bridgehead atoms. The highest BCUT2D eigenvalue weighted by Crippen LogP contribution is 2.21. The molecule has 0 atom stereocenters. The highest BCUT2D eigenvalue weighted by molar-refractivity contribution is 7.89. The molecule has 0 aliphatic rings. The average Bonchev–Trinajstić information content (AvgIpc) is 2.82. The van der Waals surface area contributed by atoms with Crippen molar-refractivity contribution < 1.29 is 18.0 Å². The summed E-state index contributed by atoms with van der Waals surface area (Å²) in [6.45, 7) is 2.22. The normalized spacial score (nSPS) is 11.7. The first-order valence-corrected chi connectivity index (χ1v) is 11.5. The second-order valence-electron chi connectivity index (χ2n) is 7.04. The van der Waals surface area contributed by atoms with E-state index >= 15 is 0 Å². The number of hydrogen-bond donors (Lipinski definition) is 0. The van der Waals surface area contributed by atoms with Gasteiger partial charge in [-0.1, -0.05) is 65.3 Å². The fourth-order valence-electron chi connectivity index (χ4n) is 2.86. The minimum absolute atomic E-state index is 0.131. The number of nitrogens with zero attached hydrogens (tertiary/aromatic N) is 2. The Balaban J connectivity index is 1.74. The largest absolute Gasteiger partial charge is 0.497 e. The third-order valence-corrected chi connectivity index (χ3v) is 6.38. The number of aryl methyl sites for hydroxylation is 1. The van der Waals surface area contributed by atoms with Gasteiger partial charge >= 0.3 is 0 Å². The van der Waals surface area contributed by atoms with E-state index < -0.39 is 10.0 Å². The van der Waals surface area contributed by atoms with Crippen LogP contribution in [0.1, 0.15) is 16.7 Å². The molecule has 0 N–H and O–H groups in total. The molecule has 6 nitrogen and oxygen atoms in total. The van der Waals surface area contributed by atoms with Gasteiger partial charge in [0.2, 0.25) is 0 Å². The first-order chi connectivity index (χ1) is 15.5. The molecule has 0 saturated carbocycles. The molecule has 0 spiro atoms. The molecule has 0 fully saturated rings. The van der Waals surface area contributed by atoms with E-state index in [4.69, 9.17) is 9.57 Å². The molecule has 0 aliphatic carbocycles. The summed E-state index contributed by atoms with van der Waals surface area (Å²) in [6, 6.07) is 23.6. The summed E-state index contributed by atoms with van der Waals surface area (Å²) < 4.78 is 33.0. The smallest absolute Gasteiger partial charge is 0.264 e.